The third-order valence-electron chi connectivity index (χ3n) is 3.82. The van der Waals surface area contributed by atoms with Crippen LogP contribution in [-0.4, -0.2) is 45.6 Å². The Labute approximate surface area is 126 Å². The van der Waals surface area contributed by atoms with Crippen LogP contribution in [0.1, 0.15) is 31.3 Å². The fraction of sp³-hybridized carbons (Fsp3) is 0.714. The molecule has 1 fully saturated rings. The first-order chi connectivity index (χ1) is 9.98. The van der Waals surface area contributed by atoms with Gasteiger partial charge in [-0.25, -0.2) is 8.42 Å². The van der Waals surface area contributed by atoms with Crippen LogP contribution in [0.15, 0.2) is 15.4 Å². The van der Waals surface area contributed by atoms with Crippen molar-refractivity contribution in [3.05, 3.63) is 17.6 Å². The Bertz CT molecular complexity index is 560. The fourth-order valence-electron chi connectivity index (χ4n) is 2.56. The molecule has 0 aromatic carbocycles. The van der Waals surface area contributed by atoms with E-state index in [1.165, 1.54) is 4.31 Å². The van der Waals surface area contributed by atoms with E-state index >= 15 is 0 Å². The number of rotatable bonds is 6. The maximum Gasteiger partial charge on any atom is 0.246 e. The van der Waals surface area contributed by atoms with Gasteiger partial charge in [-0.3, -0.25) is 0 Å². The normalized spacial score (nSPS) is 18.2. The summed E-state index contributed by atoms with van der Waals surface area (Å²) >= 11 is 0. The summed E-state index contributed by atoms with van der Waals surface area (Å²) in [7, 11) is -1.80. The summed E-state index contributed by atoms with van der Waals surface area (Å²) in [6, 6.07) is 1.63. The number of piperidine rings is 1. The molecule has 1 aliphatic heterocycles. The number of methoxy groups -OCH3 is 1. The van der Waals surface area contributed by atoms with Crippen molar-refractivity contribution < 1.29 is 17.6 Å². The van der Waals surface area contributed by atoms with Gasteiger partial charge in [0.2, 0.25) is 10.0 Å². The minimum Gasteiger partial charge on any atom is -0.464 e. The predicted molar refractivity (Wildman–Crippen MR) is 79.6 cm³/mol. The molecule has 6 nitrogen and oxygen atoms in total. The molecule has 1 aliphatic rings. The zero-order chi connectivity index (χ0) is 15.5. The number of aryl methyl sites for hydroxylation is 1. The largest absolute Gasteiger partial charge is 0.464 e. The van der Waals surface area contributed by atoms with Gasteiger partial charge in [-0.15, -0.1) is 0 Å². The van der Waals surface area contributed by atoms with Gasteiger partial charge in [0.05, 0.1) is 12.6 Å². The molecule has 0 saturated carbocycles. The first-order valence-electron chi connectivity index (χ1n) is 7.32. The van der Waals surface area contributed by atoms with Gasteiger partial charge >= 0.3 is 0 Å². The summed E-state index contributed by atoms with van der Waals surface area (Å²) < 4.78 is 37.7. The van der Waals surface area contributed by atoms with Crippen LogP contribution in [0.4, 0.5) is 0 Å². The highest BCUT2D eigenvalue weighted by Gasteiger charge is 2.32. The van der Waals surface area contributed by atoms with Crippen LogP contribution in [0.3, 0.4) is 0 Å². The summed E-state index contributed by atoms with van der Waals surface area (Å²) in [4.78, 5) is 0.284. The van der Waals surface area contributed by atoms with Crippen LogP contribution < -0.4 is 5.32 Å². The second kappa shape index (κ2) is 6.91. The molecule has 2 heterocycles. The number of sulfonamides is 1. The number of furan rings is 1. The Balaban J connectivity index is 2.14. The Morgan fingerprint density at radius 2 is 2.10 bits per heavy atom. The van der Waals surface area contributed by atoms with Crippen molar-refractivity contribution in [3.8, 4) is 0 Å². The van der Waals surface area contributed by atoms with E-state index in [0.717, 1.165) is 19.4 Å². The van der Waals surface area contributed by atoms with Crippen LogP contribution in [-0.2, 0) is 21.3 Å². The van der Waals surface area contributed by atoms with E-state index in [-0.39, 0.29) is 11.0 Å². The number of ether oxygens (including phenoxy) is 1. The minimum atomic E-state index is -3.47. The quantitative estimate of drug-likeness (QED) is 0.861. The zero-order valence-corrected chi connectivity index (χ0v) is 13.7. The van der Waals surface area contributed by atoms with Crippen molar-refractivity contribution in [1.82, 2.24) is 9.62 Å². The molecule has 7 heteroatoms. The molecule has 0 aliphatic carbocycles. The lowest BCUT2D eigenvalue weighted by molar-refractivity contribution is 0.0604. The van der Waals surface area contributed by atoms with Crippen LogP contribution in [0.25, 0.3) is 0 Å². The number of nitrogens with zero attached hydrogens (tertiary/aromatic N) is 1. The molecule has 0 bridgehead atoms. The summed E-state index contributed by atoms with van der Waals surface area (Å²) in [6.45, 7) is 6.03. The van der Waals surface area contributed by atoms with Gasteiger partial charge in [-0.1, -0.05) is 6.92 Å². The number of nitrogens with one attached hydrogen (secondary N) is 1. The minimum absolute atomic E-state index is 0.159. The smallest absolute Gasteiger partial charge is 0.246 e. The van der Waals surface area contributed by atoms with Gasteiger partial charge in [0.1, 0.15) is 16.4 Å². The van der Waals surface area contributed by atoms with E-state index < -0.39 is 10.0 Å². The molecule has 1 N–H and O–H groups in total. The summed E-state index contributed by atoms with van der Waals surface area (Å²) in [5.41, 5.74) is 0. The molecule has 1 saturated heterocycles. The average molecular weight is 316 g/mol. The molecule has 1 aromatic heterocycles. The zero-order valence-electron chi connectivity index (χ0n) is 12.9. The molecule has 0 radical (unpaired) electrons. The lowest BCUT2D eigenvalue weighted by atomic mass is 10.1. The fourth-order valence-corrected chi connectivity index (χ4v) is 4.22. The molecule has 0 amide bonds. The second-order valence-corrected chi connectivity index (χ2v) is 7.16. The van der Waals surface area contributed by atoms with Gasteiger partial charge in [0.15, 0.2) is 0 Å². The van der Waals surface area contributed by atoms with Gasteiger partial charge < -0.3 is 14.5 Å². The summed E-state index contributed by atoms with van der Waals surface area (Å²) in [5, 5.41) is 3.13. The molecule has 0 spiro atoms. The van der Waals surface area contributed by atoms with Gasteiger partial charge in [0, 0.05) is 26.3 Å². The Kier molecular flexibility index (Phi) is 5.43. The van der Waals surface area contributed by atoms with Gasteiger partial charge in [0.25, 0.3) is 0 Å². The van der Waals surface area contributed by atoms with Gasteiger partial charge in [-0.2, -0.15) is 4.31 Å². The lowest BCUT2D eigenvalue weighted by Crippen LogP contribution is -2.40. The van der Waals surface area contributed by atoms with E-state index in [4.69, 9.17) is 9.15 Å². The highest BCUT2D eigenvalue weighted by molar-refractivity contribution is 7.89. The van der Waals surface area contributed by atoms with Gasteiger partial charge in [-0.05, 0) is 26.3 Å². The average Bonchev–Trinajstić information content (AvgIpc) is 2.87. The monoisotopic (exact) mass is 316 g/mol. The van der Waals surface area contributed by atoms with Crippen LogP contribution >= 0.6 is 0 Å². The highest BCUT2D eigenvalue weighted by Crippen LogP contribution is 2.26. The van der Waals surface area contributed by atoms with Crippen molar-refractivity contribution in [2.75, 3.05) is 26.7 Å². The van der Waals surface area contributed by atoms with E-state index in [1.54, 1.807) is 20.1 Å². The Morgan fingerprint density at radius 1 is 1.43 bits per heavy atom. The highest BCUT2D eigenvalue weighted by atomic mass is 32.2. The predicted octanol–water partition coefficient (Wildman–Crippen LogP) is 1.50. The molecule has 0 atom stereocenters. The molecule has 120 valence electrons. The SMILES string of the molecule is CCNCc1cc(S(=O)(=O)N2CCC(OC)CC2)c(C)o1. The topological polar surface area (TPSA) is 71.8 Å². The van der Waals surface area contributed by atoms with Crippen molar-refractivity contribution in [1.29, 1.82) is 0 Å². The van der Waals surface area contributed by atoms with Crippen LogP contribution in [0, 0.1) is 6.92 Å². The standard InChI is InChI=1S/C14H24N2O4S/c1-4-15-10-13-9-14(11(2)20-13)21(17,18)16-7-5-12(19-3)6-8-16/h9,12,15H,4-8,10H2,1-3H3. The molecule has 0 unspecified atom stereocenters. The Hall–Kier alpha value is -0.890. The first kappa shape index (κ1) is 16.5. The van der Waals surface area contributed by atoms with E-state index in [0.29, 0.717) is 31.2 Å². The lowest BCUT2D eigenvalue weighted by Gasteiger charge is -2.30. The van der Waals surface area contributed by atoms with E-state index in [9.17, 15) is 8.42 Å². The van der Waals surface area contributed by atoms with Crippen LogP contribution in [0.5, 0.6) is 0 Å². The maximum absolute atomic E-state index is 12.7. The maximum atomic E-state index is 12.7. The molecule has 21 heavy (non-hydrogen) atoms. The number of hydrogen-bond donors (Lipinski definition) is 1. The van der Waals surface area contributed by atoms with Crippen molar-refractivity contribution in [3.63, 3.8) is 0 Å². The third-order valence-corrected chi connectivity index (χ3v) is 5.83. The third kappa shape index (κ3) is 3.66. The van der Waals surface area contributed by atoms with E-state index in [1.807, 2.05) is 6.92 Å². The molecule has 2 rings (SSSR count). The second-order valence-electron chi connectivity index (χ2n) is 5.25. The summed E-state index contributed by atoms with van der Waals surface area (Å²) in [6.07, 6.45) is 1.62. The van der Waals surface area contributed by atoms with Crippen molar-refractivity contribution in [2.24, 2.45) is 0 Å². The number of hydrogen-bond acceptors (Lipinski definition) is 5. The van der Waals surface area contributed by atoms with Crippen LogP contribution in [0.2, 0.25) is 0 Å². The first-order valence-corrected chi connectivity index (χ1v) is 8.76. The molecular formula is C14H24N2O4S. The molecule has 1 aromatic rings. The van der Waals surface area contributed by atoms with E-state index in [2.05, 4.69) is 5.32 Å². The van der Waals surface area contributed by atoms with Crippen molar-refractivity contribution >= 4 is 10.0 Å². The molecular weight excluding hydrogens is 292 g/mol. The Morgan fingerprint density at radius 3 is 2.67 bits per heavy atom. The van der Waals surface area contributed by atoms with Crippen molar-refractivity contribution in [2.45, 2.75) is 44.2 Å². The summed E-state index contributed by atoms with van der Waals surface area (Å²) in [5.74, 6) is 1.11.